The van der Waals surface area contributed by atoms with Crippen molar-refractivity contribution in [1.29, 1.82) is 0 Å². The Morgan fingerprint density at radius 2 is 2.25 bits per heavy atom. The monoisotopic (exact) mass is 118 g/mol. The van der Waals surface area contributed by atoms with E-state index in [1.54, 1.807) is 0 Å². The van der Waals surface area contributed by atoms with Gasteiger partial charge in [0.25, 0.3) is 0 Å². The standard InChI is InChI=1S/C5H11FN2/c6-4-1-5(7)3-8-2-4/h4-5,8H,1-3,7H2. The van der Waals surface area contributed by atoms with Gasteiger partial charge in [-0.3, -0.25) is 0 Å². The molecule has 0 aromatic rings. The van der Waals surface area contributed by atoms with Gasteiger partial charge in [0.1, 0.15) is 6.17 Å². The summed E-state index contributed by atoms with van der Waals surface area (Å²) in [5.74, 6) is 0. The van der Waals surface area contributed by atoms with Crippen LogP contribution in [-0.2, 0) is 0 Å². The fraction of sp³-hybridized carbons (Fsp3) is 1.00. The molecule has 1 rings (SSSR count). The summed E-state index contributed by atoms with van der Waals surface area (Å²) in [5.41, 5.74) is 5.42. The van der Waals surface area contributed by atoms with Crippen LogP contribution in [0.4, 0.5) is 4.39 Å². The highest BCUT2D eigenvalue weighted by molar-refractivity contribution is 4.77. The topological polar surface area (TPSA) is 38.0 Å². The van der Waals surface area contributed by atoms with Crippen LogP contribution in [0.2, 0.25) is 0 Å². The molecule has 0 aromatic heterocycles. The van der Waals surface area contributed by atoms with Gasteiger partial charge in [0.15, 0.2) is 0 Å². The molecule has 0 aliphatic carbocycles. The van der Waals surface area contributed by atoms with Crippen molar-refractivity contribution in [3.05, 3.63) is 0 Å². The molecule has 0 bridgehead atoms. The first-order valence-corrected chi connectivity index (χ1v) is 2.89. The molecule has 8 heavy (non-hydrogen) atoms. The quantitative estimate of drug-likeness (QED) is 0.456. The smallest absolute Gasteiger partial charge is 0.114 e. The fourth-order valence-electron chi connectivity index (χ4n) is 0.921. The minimum Gasteiger partial charge on any atom is -0.326 e. The molecule has 3 N–H and O–H groups in total. The summed E-state index contributed by atoms with van der Waals surface area (Å²) < 4.78 is 12.3. The van der Waals surface area contributed by atoms with Crippen molar-refractivity contribution in [3.63, 3.8) is 0 Å². The van der Waals surface area contributed by atoms with Gasteiger partial charge in [-0.2, -0.15) is 0 Å². The number of nitrogens with two attached hydrogens (primary N) is 1. The molecular weight excluding hydrogens is 107 g/mol. The van der Waals surface area contributed by atoms with E-state index in [0.717, 1.165) is 6.54 Å². The van der Waals surface area contributed by atoms with E-state index in [0.29, 0.717) is 13.0 Å². The van der Waals surface area contributed by atoms with E-state index in [2.05, 4.69) is 5.32 Å². The second kappa shape index (κ2) is 2.42. The molecular formula is C5H11FN2. The Balaban J connectivity index is 2.23. The fourth-order valence-corrected chi connectivity index (χ4v) is 0.921. The molecule has 0 amide bonds. The lowest BCUT2D eigenvalue weighted by Crippen LogP contribution is -2.44. The Labute approximate surface area is 48.2 Å². The first-order valence-electron chi connectivity index (χ1n) is 2.89. The summed E-state index contributed by atoms with van der Waals surface area (Å²) in [6.07, 6.45) is -0.203. The number of piperidine rings is 1. The number of hydrogen-bond acceptors (Lipinski definition) is 2. The highest BCUT2D eigenvalue weighted by Gasteiger charge is 2.16. The van der Waals surface area contributed by atoms with Crippen molar-refractivity contribution in [2.24, 2.45) is 5.73 Å². The zero-order valence-corrected chi connectivity index (χ0v) is 4.73. The van der Waals surface area contributed by atoms with Crippen LogP contribution >= 0.6 is 0 Å². The summed E-state index contributed by atoms with van der Waals surface area (Å²) in [7, 11) is 0. The van der Waals surface area contributed by atoms with Crippen LogP contribution in [0.25, 0.3) is 0 Å². The molecule has 0 radical (unpaired) electrons. The van der Waals surface area contributed by atoms with Gasteiger partial charge in [-0.05, 0) is 6.42 Å². The number of rotatable bonds is 0. The van der Waals surface area contributed by atoms with Crippen LogP contribution in [0.3, 0.4) is 0 Å². The first-order chi connectivity index (χ1) is 3.79. The van der Waals surface area contributed by atoms with E-state index in [9.17, 15) is 4.39 Å². The third-order valence-corrected chi connectivity index (χ3v) is 1.33. The molecule has 1 heterocycles. The zero-order chi connectivity index (χ0) is 5.98. The predicted octanol–water partition coefficient (Wildman–Crippen LogP) is -0.355. The molecule has 0 spiro atoms. The summed E-state index contributed by atoms with van der Waals surface area (Å²) in [4.78, 5) is 0. The Morgan fingerprint density at radius 3 is 2.62 bits per heavy atom. The van der Waals surface area contributed by atoms with Crippen molar-refractivity contribution in [2.45, 2.75) is 18.6 Å². The van der Waals surface area contributed by atoms with Crippen molar-refractivity contribution in [1.82, 2.24) is 5.32 Å². The van der Waals surface area contributed by atoms with Crippen LogP contribution in [0, 0.1) is 0 Å². The molecule has 0 aromatic carbocycles. The molecule has 3 heteroatoms. The molecule has 1 aliphatic heterocycles. The third-order valence-electron chi connectivity index (χ3n) is 1.33. The van der Waals surface area contributed by atoms with Gasteiger partial charge < -0.3 is 11.1 Å². The van der Waals surface area contributed by atoms with Crippen LogP contribution in [0.15, 0.2) is 0 Å². The van der Waals surface area contributed by atoms with Gasteiger partial charge in [0, 0.05) is 19.1 Å². The Morgan fingerprint density at radius 1 is 1.50 bits per heavy atom. The average Bonchev–Trinajstić information content (AvgIpc) is 1.64. The maximum Gasteiger partial charge on any atom is 0.114 e. The van der Waals surface area contributed by atoms with Gasteiger partial charge in [0.2, 0.25) is 0 Å². The van der Waals surface area contributed by atoms with E-state index in [1.165, 1.54) is 0 Å². The third kappa shape index (κ3) is 1.42. The highest BCUT2D eigenvalue weighted by Crippen LogP contribution is 2.03. The second-order valence-electron chi connectivity index (χ2n) is 2.25. The molecule has 1 fully saturated rings. The Hall–Kier alpha value is -0.150. The summed E-state index contributed by atoms with van der Waals surface area (Å²) in [6.45, 7) is 1.24. The van der Waals surface area contributed by atoms with Crippen molar-refractivity contribution in [3.8, 4) is 0 Å². The molecule has 2 unspecified atom stereocenters. The second-order valence-corrected chi connectivity index (χ2v) is 2.25. The van der Waals surface area contributed by atoms with Gasteiger partial charge in [-0.1, -0.05) is 0 Å². The molecule has 0 saturated carbocycles. The summed E-state index contributed by atoms with van der Waals surface area (Å²) >= 11 is 0. The van der Waals surface area contributed by atoms with E-state index in [4.69, 9.17) is 5.73 Å². The molecule has 1 aliphatic rings. The Bertz CT molecular complexity index is 68.8. The van der Waals surface area contributed by atoms with E-state index >= 15 is 0 Å². The average molecular weight is 118 g/mol. The maximum atomic E-state index is 12.3. The summed E-state index contributed by atoms with van der Waals surface area (Å²) in [6, 6.07) is 0.0266. The normalized spacial score (nSPS) is 39.8. The number of halogens is 1. The molecule has 1 saturated heterocycles. The maximum absolute atomic E-state index is 12.3. The SMILES string of the molecule is NC1CNCC(F)C1. The number of nitrogens with one attached hydrogen (secondary N) is 1. The van der Waals surface area contributed by atoms with Crippen molar-refractivity contribution < 1.29 is 4.39 Å². The lowest BCUT2D eigenvalue weighted by atomic mass is 10.1. The Kier molecular flexibility index (Phi) is 1.81. The van der Waals surface area contributed by atoms with E-state index < -0.39 is 6.17 Å². The molecule has 2 atom stereocenters. The molecule has 2 nitrogen and oxygen atoms in total. The number of alkyl halides is 1. The van der Waals surface area contributed by atoms with Gasteiger partial charge >= 0.3 is 0 Å². The first kappa shape index (κ1) is 5.98. The van der Waals surface area contributed by atoms with Crippen molar-refractivity contribution in [2.75, 3.05) is 13.1 Å². The van der Waals surface area contributed by atoms with Crippen molar-refractivity contribution >= 4 is 0 Å². The largest absolute Gasteiger partial charge is 0.326 e. The van der Waals surface area contributed by atoms with Crippen LogP contribution in [0.5, 0.6) is 0 Å². The van der Waals surface area contributed by atoms with Gasteiger partial charge in [-0.15, -0.1) is 0 Å². The van der Waals surface area contributed by atoms with E-state index in [1.807, 2.05) is 0 Å². The lowest BCUT2D eigenvalue weighted by Gasteiger charge is -2.21. The minimum atomic E-state index is -0.723. The van der Waals surface area contributed by atoms with Gasteiger partial charge in [-0.25, -0.2) is 4.39 Å². The van der Waals surface area contributed by atoms with Crippen LogP contribution < -0.4 is 11.1 Å². The molecule has 48 valence electrons. The van der Waals surface area contributed by atoms with Crippen LogP contribution in [-0.4, -0.2) is 25.3 Å². The van der Waals surface area contributed by atoms with Gasteiger partial charge in [0.05, 0.1) is 0 Å². The zero-order valence-electron chi connectivity index (χ0n) is 4.73. The number of hydrogen-bond donors (Lipinski definition) is 2. The minimum absolute atomic E-state index is 0.0266. The highest BCUT2D eigenvalue weighted by atomic mass is 19.1. The summed E-state index contributed by atoms with van der Waals surface area (Å²) in [5, 5.41) is 2.88. The van der Waals surface area contributed by atoms with E-state index in [-0.39, 0.29) is 6.04 Å². The lowest BCUT2D eigenvalue weighted by molar-refractivity contribution is 0.248. The predicted molar refractivity (Wildman–Crippen MR) is 30.4 cm³/mol. The van der Waals surface area contributed by atoms with Crippen LogP contribution in [0.1, 0.15) is 6.42 Å².